The van der Waals surface area contributed by atoms with E-state index >= 15 is 0 Å². The second-order valence-electron chi connectivity index (χ2n) is 4.20. The standard InChI is InChI=1S/C10H17NO/c1-2-9(12)8-3-4-10(8)5-6-11-7-10/h8,11H,2-7H2,1H3. The third kappa shape index (κ3) is 1.01. The molecule has 2 unspecified atom stereocenters. The van der Waals surface area contributed by atoms with Gasteiger partial charge in [-0.05, 0) is 31.2 Å². The Balaban J connectivity index is 2.04. The summed E-state index contributed by atoms with van der Waals surface area (Å²) in [5.41, 5.74) is 0.396. The van der Waals surface area contributed by atoms with Crippen LogP contribution in [0.2, 0.25) is 0 Å². The zero-order valence-electron chi connectivity index (χ0n) is 7.73. The first kappa shape index (κ1) is 8.24. The van der Waals surface area contributed by atoms with Crippen molar-refractivity contribution >= 4 is 5.78 Å². The van der Waals surface area contributed by atoms with Gasteiger partial charge in [0.1, 0.15) is 5.78 Å². The molecule has 1 saturated carbocycles. The summed E-state index contributed by atoms with van der Waals surface area (Å²) in [4.78, 5) is 11.5. The molecule has 1 aliphatic heterocycles. The number of Topliss-reactive ketones (excluding diaryl/α,β-unsaturated/α-hetero) is 1. The highest BCUT2D eigenvalue weighted by Gasteiger charge is 2.50. The van der Waals surface area contributed by atoms with Gasteiger partial charge in [-0.3, -0.25) is 4.79 Å². The molecule has 0 aromatic carbocycles. The predicted octanol–water partition coefficient (Wildman–Crippen LogP) is 1.36. The van der Waals surface area contributed by atoms with E-state index in [0.29, 0.717) is 17.1 Å². The van der Waals surface area contributed by atoms with E-state index in [1.165, 1.54) is 12.8 Å². The summed E-state index contributed by atoms with van der Waals surface area (Å²) in [7, 11) is 0. The molecule has 68 valence electrons. The zero-order valence-corrected chi connectivity index (χ0v) is 7.73. The topological polar surface area (TPSA) is 29.1 Å². The first-order valence-corrected chi connectivity index (χ1v) is 5.02. The largest absolute Gasteiger partial charge is 0.316 e. The van der Waals surface area contributed by atoms with Gasteiger partial charge in [0.15, 0.2) is 0 Å². The molecule has 2 fully saturated rings. The van der Waals surface area contributed by atoms with Crippen molar-refractivity contribution in [3.8, 4) is 0 Å². The summed E-state index contributed by atoms with van der Waals surface area (Å²) in [5, 5.41) is 3.37. The number of ketones is 1. The first-order valence-electron chi connectivity index (χ1n) is 5.02. The van der Waals surface area contributed by atoms with Crippen LogP contribution in [-0.2, 0) is 4.79 Å². The number of hydrogen-bond donors (Lipinski definition) is 1. The summed E-state index contributed by atoms with van der Waals surface area (Å²) in [6.45, 7) is 4.19. The Bertz CT molecular complexity index is 194. The molecule has 0 amide bonds. The van der Waals surface area contributed by atoms with Gasteiger partial charge in [0, 0.05) is 18.9 Å². The van der Waals surface area contributed by atoms with Crippen molar-refractivity contribution in [1.82, 2.24) is 5.32 Å². The van der Waals surface area contributed by atoms with E-state index in [4.69, 9.17) is 0 Å². The fraction of sp³-hybridized carbons (Fsp3) is 0.900. The van der Waals surface area contributed by atoms with Crippen LogP contribution in [0.25, 0.3) is 0 Å². The molecular formula is C10H17NO. The number of nitrogens with one attached hydrogen (secondary N) is 1. The van der Waals surface area contributed by atoms with Crippen molar-refractivity contribution in [2.24, 2.45) is 11.3 Å². The van der Waals surface area contributed by atoms with E-state index in [9.17, 15) is 4.79 Å². The normalized spacial score (nSPS) is 39.9. The Morgan fingerprint density at radius 3 is 2.83 bits per heavy atom. The molecule has 12 heavy (non-hydrogen) atoms. The second kappa shape index (κ2) is 2.84. The minimum Gasteiger partial charge on any atom is -0.316 e. The Morgan fingerprint density at radius 1 is 1.58 bits per heavy atom. The third-order valence-corrected chi connectivity index (χ3v) is 3.68. The Labute approximate surface area is 73.7 Å². The average molecular weight is 167 g/mol. The molecule has 1 N–H and O–H groups in total. The summed E-state index contributed by atoms with van der Waals surface area (Å²) in [6, 6.07) is 0. The summed E-state index contributed by atoms with van der Waals surface area (Å²) >= 11 is 0. The highest BCUT2D eigenvalue weighted by atomic mass is 16.1. The average Bonchev–Trinajstić information content (AvgIpc) is 2.52. The molecule has 0 aromatic rings. The fourth-order valence-corrected chi connectivity index (χ4v) is 2.72. The van der Waals surface area contributed by atoms with Crippen molar-refractivity contribution in [3.63, 3.8) is 0 Å². The third-order valence-electron chi connectivity index (χ3n) is 3.68. The molecule has 2 rings (SSSR count). The molecule has 2 heteroatoms. The van der Waals surface area contributed by atoms with E-state index in [1.807, 2.05) is 6.92 Å². The van der Waals surface area contributed by atoms with E-state index in [2.05, 4.69) is 5.32 Å². The van der Waals surface area contributed by atoms with Gasteiger partial charge in [-0.15, -0.1) is 0 Å². The molecular weight excluding hydrogens is 150 g/mol. The predicted molar refractivity (Wildman–Crippen MR) is 47.9 cm³/mol. The quantitative estimate of drug-likeness (QED) is 0.672. The van der Waals surface area contributed by atoms with E-state index in [-0.39, 0.29) is 0 Å². The van der Waals surface area contributed by atoms with Gasteiger partial charge < -0.3 is 5.32 Å². The summed E-state index contributed by atoms with van der Waals surface area (Å²) in [6.07, 6.45) is 4.38. The van der Waals surface area contributed by atoms with Crippen molar-refractivity contribution in [1.29, 1.82) is 0 Å². The summed E-state index contributed by atoms with van der Waals surface area (Å²) < 4.78 is 0. The maximum atomic E-state index is 11.5. The van der Waals surface area contributed by atoms with E-state index in [0.717, 1.165) is 25.9 Å². The molecule has 0 bridgehead atoms. The van der Waals surface area contributed by atoms with Crippen LogP contribution >= 0.6 is 0 Å². The fourth-order valence-electron chi connectivity index (χ4n) is 2.72. The van der Waals surface area contributed by atoms with Crippen molar-refractivity contribution in [2.75, 3.05) is 13.1 Å². The van der Waals surface area contributed by atoms with Crippen molar-refractivity contribution < 1.29 is 4.79 Å². The van der Waals surface area contributed by atoms with Crippen LogP contribution < -0.4 is 5.32 Å². The SMILES string of the molecule is CCC(=O)C1CCC12CCNC2. The van der Waals surface area contributed by atoms with Crippen LogP contribution in [0.5, 0.6) is 0 Å². The van der Waals surface area contributed by atoms with Crippen LogP contribution in [0.15, 0.2) is 0 Å². The lowest BCUT2D eigenvalue weighted by Gasteiger charge is -2.45. The van der Waals surface area contributed by atoms with Crippen LogP contribution in [0.3, 0.4) is 0 Å². The monoisotopic (exact) mass is 167 g/mol. The molecule has 2 aliphatic rings. The lowest BCUT2D eigenvalue weighted by Crippen LogP contribution is -2.46. The highest BCUT2D eigenvalue weighted by molar-refractivity contribution is 5.82. The Kier molecular flexibility index (Phi) is 1.95. The molecule has 1 saturated heterocycles. The number of rotatable bonds is 2. The van der Waals surface area contributed by atoms with Gasteiger partial charge in [0.2, 0.25) is 0 Å². The highest BCUT2D eigenvalue weighted by Crippen LogP contribution is 2.51. The molecule has 2 nitrogen and oxygen atoms in total. The van der Waals surface area contributed by atoms with Crippen LogP contribution in [0.1, 0.15) is 32.6 Å². The van der Waals surface area contributed by atoms with Gasteiger partial charge >= 0.3 is 0 Å². The molecule has 1 heterocycles. The first-order chi connectivity index (χ1) is 5.78. The molecule has 0 radical (unpaired) electrons. The molecule has 1 aliphatic carbocycles. The van der Waals surface area contributed by atoms with Gasteiger partial charge in [-0.25, -0.2) is 0 Å². The van der Waals surface area contributed by atoms with Crippen LogP contribution in [-0.4, -0.2) is 18.9 Å². The number of carbonyl (C=O) groups excluding carboxylic acids is 1. The lowest BCUT2D eigenvalue weighted by molar-refractivity contribution is -0.132. The molecule has 2 atom stereocenters. The van der Waals surface area contributed by atoms with Crippen LogP contribution in [0, 0.1) is 11.3 Å². The zero-order chi connectivity index (χ0) is 8.60. The maximum absolute atomic E-state index is 11.5. The van der Waals surface area contributed by atoms with Crippen molar-refractivity contribution in [2.45, 2.75) is 32.6 Å². The Hall–Kier alpha value is -0.370. The minimum absolute atomic E-state index is 0.396. The number of hydrogen-bond acceptors (Lipinski definition) is 2. The lowest BCUT2D eigenvalue weighted by atomic mass is 9.58. The molecule has 0 aromatic heterocycles. The maximum Gasteiger partial charge on any atom is 0.136 e. The second-order valence-corrected chi connectivity index (χ2v) is 4.20. The Morgan fingerprint density at radius 2 is 2.42 bits per heavy atom. The van der Waals surface area contributed by atoms with E-state index < -0.39 is 0 Å². The summed E-state index contributed by atoms with van der Waals surface area (Å²) in [5.74, 6) is 0.891. The van der Waals surface area contributed by atoms with Gasteiger partial charge in [0.25, 0.3) is 0 Å². The molecule has 1 spiro atoms. The minimum atomic E-state index is 0.396. The van der Waals surface area contributed by atoms with E-state index in [1.54, 1.807) is 0 Å². The van der Waals surface area contributed by atoms with Gasteiger partial charge in [-0.1, -0.05) is 6.92 Å². The van der Waals surface area contributed by atoms with Crippen LogP contribution in [0.4, 0.5) is 0 Å². The van der Waals surface area contributed by atoms with Crippen molar-refractivity contribution in [3.05, 3.63) is 0 Å². The number of carbonyl (C=O) groups is 1. The smallest absolute Gasteiger partial charge is 0.136 e. The van der Waals surface area contributed by atoms with Gasteiger partial charge in [0.05, 0.1) is 0 Å². The van der Waals surface area contributed by atoms with Gasteiger partial charge in [-0.2, -0.15) is 0 Å².